The van der Waals surface area contributed by atoms with Gasteiger partial charge < -0.3 is 10.8 Å². The van der Waals surface area contributed by atoms with E-state index in [0.29, 0.717) is 0 Å². The van der Waals surface area contributed by atoms with Gasteiger partial charge in [-0.05, 0) is 34.0 Å². The number of carboxylic acids is 1. The maximum atomic E-state index is 10.4. The van der Waals surface area contributed by atoms with Crippen LogP contribution in [0.5, 0.6) is 0 Å². The molecule has 0 aliphatic heterocycles. The molecule has 0 unspecified atom stereocenters. The van der Waals surface area contributed by atoms with Gasteiger partial charge in [-0.2, -0.15) is 0 Å². The van der Waals surface area contributed by atoms with Crippen LogP contribution in [0, 0.1) is 3.57 Å². The van der Waals surface area contributed by atoms with Crippen LogP contribution in [-0.4, -0.2) is 11.1 Å². The second kappa shape index (κ2) is 3.51. The quantitative estimate of drug-likeness (QED) is 0.807. The van der Waals surface area contributed by atoms with Gasteiger partial charge in [0, 0.05) is 8.45 Å². The Morgan fingerprint density at radius 1 is 1.82 bits per heavy atom. The molecule has 0 saturated heterocycles. The van der Waals surface area contributed by atoms with Crippen LogP contribution in [-0.2, 0) is 4.79 Å². The first kappa shape index (κ1) is 8.95. The Morgan fingerprint density at radius 3 is 2.82 bits per heavy atom. The van der Waals surface area contributed by atoms with Gasteiger partial charge in [0.25, 0.3) is 0 Å². The molecule has 11 heavy (non-hydrogen) atoms. The van der Waals surface area contributed by atoms with E-state index < -0.39 is 12.0 Å². The molecule has 0 aliphatic rings. The molecule has 0 saturated carbocycles. The molecule has 1 aromatic rings. The van der Waals surface area contributed by atoms with E-state index in [9.17, 15) is 4.79 Å². The maximum absolute atomic E-state index is 10.4. The molecule has 1 atom stereocenters. The number of hydrogen-bond acceptors (Lipinski definition) is 3. The van der Waals surface area contributed by atoms with Gasteiger partial charge in [-0.15, -0.1) is 11.3 Å². The number of rotatable bonds is 2. The highest BCUT2D eigenvalue weighted by Gasteiger charge is 2.17. The van der Waals surface area contributed by atoms with E-state index in [4.69, 9.17) is 10.8 Å². The molecular weight excluding hydrogens is 277 g/mol. The summed E-state index contributed by atoms with van der Waals surface area (Å²) in [6, 6.07) is 0.977. The predicted octanol–water partition coefficient (Wildman–Crippen LogP) is 1.44. The average Bonchev–Trinajstić information content (AvgIpc) is 2.33. The predicted molar refractivity (Wildman–Crippen MR) is 51.6 cm³/mol. The number of carboxylic acid groups (broad SMARTS) is 1. The SMILES string of the molecule is N[C@@H](C(=O)O)c1sccc1I. The Balaban J connectivity index is 2.92. The van der Waals surface area contributed by atoms with Crippen LogP contribution in [0.25, 0.3) is 0 Å². The molecule has 1 rings (SSSR count). The molecule has 0 spiro atoms. The molecule has 1 aromatic heterocycles. The molecule has 3 nitrogen and oxygen atoms in total. The first-order valence-electron chi connectivity index (χ1n) is 2.84. The van der Waals surface area contributed by atoms with Crippen molar-refractivity contribution in [1.82, 2.24) is 0 Å². The summed E-state index contributed by atoms with van der Waals surface area (Å²) in [4.78, 5) is 11.1. The molecule has 0 bridgehead atoms. The zero-order valence-corrected chi connectivity index (χ0v) is 8.43. The molecule has 1 heterocycles. The number of thiophene rings is 1. The van der Waals surface area contributed by atoms with Crippen LogP contribution in [0.4, 0.5) is 0 Å². The fourth-order valence-electron chi connectivity index (χ4n) is 0.639. The lowest BCUT2D eigenvalue weighted by atomic mass is 10.3. The van der Waals surface area contributed by atoms with Crippen molar-refractivity contribution in [1.29, 1.82) is 0 Å². The number of carbonyl (C=O) groups is 1. The standard InChI is InChI=1S/C6H6INO2S/c7-3-1-2-11-5(3)4(8)6(9)10/h1-2,4H,8H2,(H,9,10)/t4-/m1/s1. The number of aliphatic carboxylic acids is 1. The summed E-state index contributed by atoms with van der Waals surface area (Å²) in [5, 5.41) is 10.4. The van der Waals surface area contributed by atoms with Crippen molar-refractivity contribution >= 4 is 39.9 Å². The van der Waals surface area contributed by atoms with Crippen LogP contribution in [0.2, 0.25) is 0 Å². The van der Waals surface area contributed by atoms with Crippen molar-refractivity contribution in [2.24, 2.45) is 5.73 Å². The summed E-state index contributed by atoms with van der Waals surface area (Å²) < 4.78 is 0.919. The lowest BCUT2D eigenvalue weighted by Crippen LogP contribution is -2.20. The van der Waals surface area contributed by atoms with Crippen molar-refractivity contribution in [3.8, 4) is 0 Å². The van der Waals surface area contributed by atoms with Gasteiger partial charge in [0.1, 0.15) is 6.04 Å². The Morgan fingerprint density at radius 2 is 2.45 bits per heavy atom. The topological polar surface area (TPSA) is 63.3 Å². The molecule has 60 valence electrons. The largest absolute Gasteiger partial charge is 0.480 e. The molecule has 5 heteroatoms. The molecule has 3 N–H and O–H groups in total. The van der Waals surface area contributed by atoms with Crippen molar-refractivity contribution in [3.05, 3.63) is 19.9 Å². The van der Waals surface area contributed by atoms with Gasteiger partial charge in [-0.1, -0.05) is 0 Å². The summed E-state index contributed by atoms with van der Waals surface area (Å²) in [6.45, 7) is 0. The fraction of sp³-hybridized carbons (Fsp3) is 0.167. The number of hydrogen-bond donors (Lipinski definition) is 2. The minimum absolute atomic E-state index is 0.720. The number of nitrogens with two attached hydrogens (primary N) is 1. The Kier molecular flexibility index (Phi) is 2.85. The summed E-state index contributed by atoms with van der Waals surface area (Å²) in [6.07, 6.45) is 0. The molecule has 0 aromatic carbocycles. The van der Waals surface area contributed by atoms with Crippen molar-refractivity contribution < 1.29 is 9.90 Å². The third-order valence-corrected chi connectivity index (χ3v) is 3.50. The van der Waals surface area contributed by atoms with E-state index in [1.54, 1.807) is 0 Å². The van der Waals surface area contributed by atoms with E-state index in [-0.39, 0.29) is 0 Å². The third kappa shape index (κ3) is 1.91. The van der Waals surface area contributed by atoms with Gasteiger partial charge in [-0.3, -0.25) is 4.79 Å². The monoisotopic (exact) mass is 283 g/mol. The minimum Gasteiger partial charge on any atom is -0.480 e. The fourth-order valence-corrected chi connectivity index (χ4v) is 2.56. The Hall–Kier alpha value is -0.140. The van der Waals surface area contributed by atoms with E-state index >= 15 is 0 Å². The van der Waals surface area contributed by atoms with Gasteiger partial charge in [0.15, 0.2) is 0 Å². The summed E-state index contributed by atoms with van der Waals surface area (Å²) >= 11 is 3.44. The average molecular weight is 283 g/mol. The molecule has 0 amide bonds. The van der Waals surface area contributed by atoms with E-state index in [1.807, 2.05) is 11.4 Å². The van der Waals surface area contributed by atoms with Crippen LogP contribution in [0.15, 0.2) is 11.4 Å². The normalized spacial score (nSPS) is 12.9. The molecule has 0 radical (unpaired) electrons. The Bertz CT molecular complexity index is 273. The van der Waals surface area contributed by atoms with Gasteiger partial charge in [-0.25, -0.2) is 0 Å². The second-order valence-corrected chi connectivity index (χ2v) is 4.06. The lowest BCUT2D eigenvalue weighted by Gasteiger charge is -2.02. The second-order valence-electron chi connectivity index (χ2n) is 1.95. The smallest absolute Gasteiger partial charge is 0.326 e. The van der Waals surface area contributed by atoms with Gasteiger partial charge in [0.2, 0.25) is 0 Å². The molecule has 0 fully saturated rings. The highest BCUT2D eigenvalue weighted by molar-refractivity contribution is 14.1. The van der Waals surface area contributed by atoms with Crippen LogP contribution in [0.3, 0.4) is 0 Å². The summed E-state index contributed by atoms with van der Waals surface area (Å²) in [5.74, 6) is -0.981. The first-order valence-corrected chi connectivity index (χ1v) is 4.80. The van der Waals surface area contributed by atoms with Crippen LogP contribution in [0.1, 0.15) is 10.9 Å². The zero-order chi connectivity index (χ0) is 8.43. The van der Waals surface area contributed by atoms with Crippen molar-refractivity contribution in [2.75, 3.05) is 0 Å². The minimum atomic E-state index is -0.981. The summed E-state index contributed by atoms with van der Waals surface area (Å²) in [5.41, 5.74) is 5.39. The first-order chi connectivity index (χ1) is 5.13. The van der Waals surface area contributed by atoms with E-state index in [1.165, 1.54) is 11.3 Å². The zero-order valence-electron chi connectivity index (χ0n) is 5.45. The molecular formula is C6H6INO2S. The highest BCUT2D eigenvalue weighted by atomic mass is 127. The molecule has 0 aliphatic carbocycles. The van der Waals surface area contributed by atoms with Gasteiger partial charge in [0.05, 0.1) is 0 Å². The highest BCUT2D eigenvalue weighted by Crippen LogP contribution is 2.24. The van der Waals surface area contributed by atoms with Crippen LogP contribution < -0.4 is 5.73 Å². The van der Waals surface area contributed by atoms with E-state index in [0.717, 1.165) is 8.45 Å². The van der Waals surface area contributed by atoms with E-state index in [2.05, 4.69) is 22.6 Å². The third-order valence-electron chi connectivity index (χ3n) is 1.19. The van der Waals surface area contributed by atoms with Gasteiger partial charge >= 0.3 is 5.97 Å². The van der Waals surface area contributed by atoms with Crippen molar-refractivity contribution in [2.45, 2.75) is 6.04 Å². The lowest BCUT2D eigenvalue weighted by molar-refractivity contribution is -0.138. The van der Waals surface area contributed by atoms with Crippen LogP contribution >= 0.6 is 33.9 Å². The summed E-state index contributed by atoms with van der Waals surface area (Å²) in [7, 11) is 0. The maximum Gasteiger partial charge on any atom is 0.326 e. The van der Waals surface area contributed by atoms with Crippen molar-refractivity contribution in [3.63, 3.8) is 0 Å². The number of halogens is 1. The Labute approximate surface area is 81.4 Å².